The van der Waals surface area contributed by atoms with Gasteiger partial charge in [-0.15, -0.1) is 0 Å². The van der Waals surface area contributed by atoms with Crippen LogP contribution in [0.2, 0.25) is 0 Å². The zero-order valence-corrected chi connectivity index (χ0v) is 16.3. The molecular weight excluding hydrogens is 314 g/mol. The number of carbonyl (C=O) groups is 1. The van der Waals surface area contributed by atoms with E-state index in [0.717, 1.165) is 26.2 Å². The van der Waals surface area contributed by atoms with Crippen LogP contribution in [-0.4, -0.2) is 71.7 Å². The highest BCUT2D eigenvalue weighted by Gasteiger charge is 2.23. The van der Waals surface area contributed by atoms with E-state index in [4.69, 9.17) is 0 Å². The molecular formula is C20H33N3O2. The lowest BCUT2D eigenvalue weighted by Crippen LogP contribution is -2.48. The molecule has 5 nitrogen and oxygen atoms in total. The molecule has 5 heteroatoms. The molecule has 1 aliphatic heterocycles. The lowest BCUT2D eigenvalue weighted by atomic mass is 10.1. The number of anilines is 1. The van der Waals surface area contributed by atoms with Crippen molar-refractivity contribution >= 4 is 11.6 Å². The molecule has 25 heavy (non-hydrogen) atoms. The maximum absolute atomic E-state index is 12.7. The first-order valence-electron chi connectivity index (χ1n) is 9.32. The van der Waals surface area contributed by atoms with E-state index in [0.29, 0.717) is 24.7 Å². The first-order chi connectivity index (χ1) is 11.7. The van der Waals surface area contributed by atoms with Gasteiger partial charge < -0.3 is 14.9 Å². The highest BCUT2D eigenvalue weighted by atomic mass is 16.3. The summed E-state index contributed by atoms with van der Waals surface area (Å²) in [6.07, 6.45) is 0. The summed E-state index contributed by atoms with van der Waals surface area (Å²) < 4.78 is 0. The van der Waals surface area contributed by atoms with Crippen LogP contribution in [0.1, 0.15) is 45.0 Å². The fraction of sp³-hybridized carbons (Fsp3) is 0.650. The summed E-state index contributed by atoms with van der Waals surface area (Å²) in [4.78, 5) is 19.2. The SMILES string of the molecule is CCN(CC(C)(C)O)C(=O)c1ccc(N2CCN(C(C)C)CC2)cc1. The number of nitrogens with zero attached hydrogens (tertiary/aromatic N) is 3. The maximum atomic E-state index is 12.7. The van der Waals surface area contributed by atoms with Crippen molar-refractivity contribution in [2.45, 2.75) is 46.3 Å². The number of carbonyl (C=O) groups excluding carboxylic acids is 1. The molecule has 1 fully saturated rings. The molecule has 2 rings (SSSR count). The van der Waals surface area contributed by atoms with Gasteiger partial charge in [0.25, 0.3) is 5.91 Å². The van der Waals surface area contributed by atoms with Crippen LogP contribution in [0.15, 0.2) is 24.3 Å². The Labute approximate surface area is 152 Å². The molecule has 1 amide bonds. The number of likely N-dealkylation sites (N-methyl/N-ethyl adjacent to an activating group) is 1. The standard InChI is InChI=1S/C20H33N3O2/c1-6-21(15-20(4,5)25)19(24)17-7-9-18(10-8-17)23-13-11-22(12-14-23)16(2)3/h7-10,16,25H,6,11-15H2,1-5H3. The summed E-state index contributed by atoms with van der Waals surface area (Å²) in [7, 11) is 0. The number of hydrogen-bond acceptors (Lipinski definition) is 4. The van der Waals surface area contributed by atoms with Crippen molar-refractivity contribution in [1.29, 1.82) is 0 Å². The Bertz CT molecular complexity index is 555. The van der Waals surface area contributed by atoms with Gasteiger partial charge in [0, 0.05) is 56.6 Å². The largest absolute Gasteiger partial charge is 0.389 e. The van der Waals surface area contributed by atoms with E-state index in [1.54, 1.807) is 18.7 Å². The molecule has 1 saturated heterocycles. The van der Waals surface area contributed by atoms with E-state index in [1.165, 1.54) is 5.69 Å². The van der Waals surface area contributed by atoms with Crippen LogP contribution in [0.4, 0.5) is 5.69 Å². The molecule has 1 N–H and O–H groups in total. The molecule has 1 aliphatic rings. The van der Waals surface area contributed by atoms with Gasteiger partial charge in [0.15, 0.2) is 0 Å². The number of aliphatic hydroxyl groups is 1. The maximum Gasteiger partial charge on any atom is 0.253 e. The fourth-order valence-corrected chi connectivity index (χ4v) is 3.29. The van der Waals surface area contributed by atoms with Gasteiger partial charge in [-0.05, 0) is 58.9 Å². The average molecular weight is 348 g/mol. The quantitative estimate of drug-likeness (QED) is 0.859. The summed E-state index contributed by atoms with van der Waals surface area (Å²) in [5.74, 6) is -0.0270. The summed E-state index contributed by atoms with van der Waals surface area (Å²) in [5.41, 5.74) is 0.961. The minimum Gasteiger partial charge on any atom is -0.389 e. The fourth-order valence-electron chi connectivity index (χ4n) is 3.29. The second-order valence-corrected chi connectivity index (χ2v) is 7.80. The van der Waals surface area contributed by atoms with Crippen molar-refractivity contribution < 1.29 is 9.90 Å². The first kappa shape index (κ1) is 19.7. The summed E-state index contributed by atoms with van der Waals surface area (Å²) in [6.45, 7) is 15.0. The predicted molar refractivity (Wildman–Crippen MR) is 103 cm³/mol. The Morgan fingerprint density at radius 1 is 1.16 bits per heavy atom. The molecule has 0 atom stereocenters. The Kier molecular flexibility index (Phi) is 6.47. The Hall–Kier alpha value is -1.59. The van der Waals surface area contributed by atoms with E-state index in [9.17, 15) is 9.90 Å². The van der Waals surface area contributed by atoms with Crippen LogP contribution in [-0.2, 0) is 0 Å². The van der Waals surface area contributed by atoms with E-state index in [2.05, 4.69) is 23.6 Å². The normalized spacial score (nSPS) is 16.4. The topological polar surface area (TPSA) is 47.0 Å². The van der Waals surface area contributed by atoms with Crippen LogP contribution < -0.4 is 4.90 Å². The van der Waals surface area contributed by atoms with E-state index in [1.807, 2.05) is 31.2 Å². The second kappa shape index (κ2) is 8.19. The highest BCUT2D eigenvalue weighted by Crippen LogP contribution is 2.19. The second-order valence-electron chi connectivity index (χ2n) is 7.80. The molecule has 0 spiro atoms. The molecule has 0 aliphatic carbocycles. The third kappa shape index (κ3) is 5.44. The lowest BCUT2D eigenvalue weighted by molar-refractivity contribution is 0.0314. The first-order valence-corrected chi connectivity index (χ1v) is 9.32. The summed E-state index contributed by atoms with van der Waals surface area (Å²) >= 11 is 0. The van der Waals surface area contributed by atoms with Crippen LogP contribution in [0.3, 0.4) is 0 Å². The van der Waals surface area contributed by atoms with Crippen LogP contribution in [0, 0.1) is 0 Å². The smallest absolute Gasteiger partial charge is 0.253 e. The Morgan fingerprint density at radius 3 is 2.16 bits per heavy atom. The average Bonchev–Trinajstić information content (AvgIpc) is 2.58. The monoisotopic (exact) mass is 347 g/mol. The predicted octanol–water partition coefficient (Wildman–Crippen LogP) is 2.45. The van der Waals surface area contributed by atoms with Gasteiger partial charge in [0.2, 0.25) is 0 Å². The van der Waals surface area contributed by atoms with E-state index >= 15 is 0 Å². The van der Waals surface area contributed by atoms with Gasteiger partial charge in [-0.1, -0.05) is 0 Å². The number of benzene rings is 1. The van der Waals surface area contributed by atoms with Crippen molar-refractivity contribution in [3.63, 3.8) is 0 Å². The van der Waals surface area contributed by atoms with Crippen molar-refractivity contribution in [3.05, 3.63) is 29.8 Å². The molecule has 1 aromatic carbocycles. The molecule has 0 aromatic heterocycles. The molecule has 0 unspecified atom stereocenters. The van der Waals surface area contributed by atoms with Crippen molar-refractivity contribution in [2.75, 3.05) is 44.2 Å². The number of piperazine rings is 1. The van der Waals surface area contributed by atoms with Crippen LogP contribution in [0.5, 0.6) is 0 Å². The molecule has 0 saturated carbocycles. The van der Waals surface area contributed by atoms with Gasteiger partial charge in [-0.2, -0.15) is 0 Å². The van der Waals surface area contributed by atoms with Crippen LogP contribution >= 0.6 is 0 Å². The Balaban J connectivity index is 2.01. The highest BCUT2D eigenvalue weighted by molar-refractivity contribution is 5.94. The molecule has 140 valence electrons. The molecule has 1 aromatic rings. The number of amides is 1. The van der Waals surface area contributed by atoms with Gasteiger partial charge in [0.05, 0.1) is 5.60 Å². The third-order valence-corrected chi connectivity index (χ3v) is 4.77. The van der Waals surface area contributed by atoms with Gasteiger partial charge in [-0.3, -0.25) is 9.69 Å². The summed E-state index contributed by atoms with van der Waals surface area (Å²) in [6, 6.07) is 8.48. The minimum atomic E-state index is -0.887. The van der Waals surface area contributed by atoms with Crippen molar-refractivity contribution in [3.8, 4) is 0 Å². The molecule has 1 heterocycles. The zero-order chi connectivity index (χ0) is 18.6. The third-order valence-electron chi connectivity index (χ3n) is 4.77. The number of rotatable bonds is 6. The lowest BCUT2D eigenvalue weighted by Gasteiger charge is -2.38. The molecule has 0 radical (unpaired) electrons. The number of hydrogen-bond donors (Lipinski definition) is 1. The van der Waals surface area contributed by atoms with E-state index in [-0.39, 0.29) is 5.91 Å². The van der Waals surface area contributed by atoms with Gasteiger partial charge >= 0.3 is 0 Å². The van der Waals surface area contributed by atoms with Crippen molar-refractivity contribution in [2.24, 2.45) is 0 Å². The zero-order valence-electron chi connectivity index (χ0n) is 16.3. The van der Waals surface area contributed by atoms with Crippen molar-refractivity contribution in [1.82, 2.24) is 9.80 Å². The van der Waals surface area contributed by atoms with Gasteiger partial charge in [-0.25, -0.2) is 0 Å². The van der Waals surface area contributed by atoms with Gasteiger partial charge in [0.1, 0.15) is 0 Å². The minimum absolute atomic E-state index is 0.0270. The summed E-state index contributed by atoms with van der Waals surface area (Å²) in [5, 5.41) is 9.99. The molecule has 0 bridgehead atoms. The van der Waals surface area contributed by atoms with Crippen LogP contribution in [0.25, 0.3) is 0 Å². The van der Waals surface area contributed by atoms with E-state index < -0.39 is 5.60 Å². The Morgan fingerprint density at radius 2 is 1.72 bits per heavy atom.